The molecule has 0 aliphatic carbocycles. The number of nitrogens with two attached hydrogens (primary N) is 1. The maximum Gasteiger partial charge on any atom is 0.243 e. The molecule has 2 aromatic carbocycles. The first-order valence-corrected chi connectivity index (χ1v) is 14.4. The second kappa shape index (κ2) is 17.0. The number of hydrogen-bond acceptors (Lipinski definition) is 6. The van der Waals surface area contributed by atoms with Gasteiger partial charge in [0.2, 0.25) is 23.6 Å². The van der Waals surface area contributed by atoms with Crippen LogP contribution in [0.25, 0.3) is 0 Å². The Morgan fingerprint density at radius 1 is 0.667 bits per heavy atom. The van der Waals surface area contributed by atoms with Crippen LogP contribution >= 0.6 is 0 Å². The Bertz CT molecular complexity index is 1170. The van der Waals surface area contributed by atoms with E-state index < -0.39 is 53.8 Å². The van der Waals surface area contributed by atoms with Crippen molar-refractivity contribution in [2.24, 2.45) is 17.6 Å². The van der Waals surface area contributed by atoms with Crippen LogP contribution in [0.1, 0.15) is 52.2 Å². The second-order valence-corrected chi connectivity index (χ2v) is 11.4. The van der Waals surface area contributed by atoms with Crippen LogP contribution in [-0.4, -0.2) is 60.1 Å². The van der Waals surface area contributed by atoms with Gasteiger partial charge in [-0.1, -0.05) is 88.4 Å². The number of rotatable bonds is 16. The first-order chi connectivity index (χ1) is 19.9. The molecular formula is C32H45N5O5. The van der Waals surface area contributed by atoms with Crippen LogP contribution in [0.15, 0.2) is 60.7 Å². The predicted octanol–water partition coefficient (Wildman–Crippen LogP) is 1.66. The van der Waals surface area contributed by atoms with Crippen molar-refractivity contribution in [3.63, 3.8) is 0 Å². The zero-order chi connectivity index (χ0) is 31.2. The largest absolute Gasteiger partial charge is 0.345 e. The summed E-state index contributed by atoms with van der Waals surface area (Å²) in [5.74, 6) is -2.17. The zero-order valence-electron chi connectivity index (χ0n) is 25.1. The predicted molar refractivity (Wildman–Crippen MR) is 162 cm³/mol. The van der Waals surface area contributed by atoms with Crippen molar-refractivity contribution in [1.82, 2.24) is 21.3 Å². The summed E-state index contributed by atoms with van der Waals surface area (Å²) in [4.78, 5) is 64.2. The number of benzene rings is 2. The molecule has 4 amide bonds. The highest BCUT2D eigenvalue weighted by molar-refractivity contribution is 5.95. The minimum atomic E-state index is -1.06. The SMILES string of the molecule is CC(C)C[C@H](N)C(=O)N[C@H](C(=O)N[C@@H](Cc1ccccc1)C(=O)N[C@@H](Cc1ccccc1)C(=O)N[C@@H](C)C=O)C(C)C. The van der Waals surface area contributed by atoms with E-state index in [9.17, 15) is 24.0 Å². The van der Waals surface area contributed by atoms with Crippen molar-refractivity contribution in [2.75, 3.05) is 0 Å². The number of amides is 4. The van der Waals surface area contributed by atoms with Gasteiger partial charge in [0.1, 0.15) is 24.4 Å². The molecule has 0 bridgehead atoms. The fourth-order valence-electron chi connectivity index (χ4n) is 4.42. The Labute approximate surface area is 248 Å². The molecule has 2 rings (SSSR count). The third kappa shape index (κ3) is 11.4. The summed E-state index contributed by atoms with van der Waals surface area (Å²) in [7, 11) is 0. The van der Waals surface area contributed by atoms with Gasteiger partial charge in [-0.2, -0.15) is 0 Å². The molecule has 0 fully saturated rings. The molecule has 0 spiro atoms. The van der Waals surface area contributed by atoms with E-state index in [1.807, 2.05) is 74.5 Å². The first kappa shape index (κ1) is 34.2. The molecule has 0 aliphatic heterocycles. The quantitative estimate of drug-likeness (QED) is 0.190. The van der Waals surface area contributed by atoms with Gasteiger partial charge >= 0.3 is 0 Å². The highest BCUT2D eigenvalue weighted by Crippen LogP contribution is 2.10. The van der Waals surface area contributed by atoms with Crippen LogP contribution in [0.3, 0.4) is 0 Å². The zero-order valence-corrected chi connectivity index (χ0v) is 25.1. The van der Waals surface area contributed by atoms with Crippen molar-refractivity contribution in [1.29, 1.82) is 0 Å². The molecule has 0 radical (unpaired) electrons. The molecular weight excluding hydrogens is 534 g/mol. The molecule has 2 aromatic rings. The van der Waals surface area contributed by atoms with E-state index in [1.165, 1.54) is 6.92 Å². The number of nitrogens with one attached hydrogen (secondary N) is 4. The third-order valence-corrected chi connectivity index (χ3v) is 6.71. The molecule has 6 N–H and O–H groups in total. The summed E-state index contributed by atoms with van der Waals surface area (Å²) < 4.78 is 0. The molecule has 0 aromatic heterocycles. The van der Waals surface area contributed by atoms with Crippen LogP contribution in [-0.2, 0) is 36.8 Å². The van der Waals surface area contributed by atoms with E-state index in [2.05, 4.69) is 21.3 Å². The average molecular weight is 580 g/mol. The lowest BCUT2D eigenvalue weighted by molar-refractivity contribution is -0.134. The third-order valence-electron chi connectivity index (χ3n) is 6.71. The smallest absolute Gasteiger partial charge is 0.243 e. The molecule has 0 unspecified atom stereocenters. The fraction of sp³-hybridized carbons (Fsp3) is 0.469. The summed E-state index contributed by atoms with van der Waals surface area (Å²) in [6.07, 6.45) is 1.39. The topological polar surface area (TPSA) is 159 Å². The Morgan fingerprint density at radius 2 is 1.12 bits per heavy atom. The molecule has 228 valence electrons. The molecule has 0 saturated carbocycles. The highest BCUT2D eigenvalue weighted by atomic mass is 16.2. The van der Waals surface area contributed by atoms with Crippen molar-refractivity contribution < 1.29 is 24.0 Å². The Kier molecular flexibility index (Phi) is 13.9. The second-order valence-electron chi connectivity index (χ2n) is 11.4. The number of hydrogen-bond donors (Lipinski definition) is 5. The summed E-state index contributed by atoms with van der Waals surface area (Å²) in [5.41, 5.74) is 7.64. The van der Waals surface area contributed by atoms with Crippen LogP contribution in [0.2, 0.25) is 0 Å². The van der Waals surface area contributed by atoms with Crippen LogP contribution in [0.4, 0.5) is 0 Å². The maximum atomic E-state index is 13.7. The lowest BCUT2D eigenvalue weighted by atomic mass is 9.99. The molecule has 5 atom stereocenters. The van der Waals surface area contributed by atoms with Gasteiger partial charge in [0.15, 0.2) is 0 Å². The average Bonchev–Trinajstić information content (AvgIpc) is 2.95. The maximum absolute atomic E-state index is 13.7. The summed E-state index contributed by atoms with van der Waals surface area (Å²) >= 11 is 0. The van der Waals surface area contributed by atoms with E-state index in [0.717, 1.165) is 11.1 Å². The minimum absolute atomic E-state index is 0.147. The summed E-state index contributed by atoms with van der Waals surface area (Å²) in [6, 6.07) is 13.8. The van der Waals surface area contributed by atoms with Crippen LogP contribution in [0.5, 0.6) is 0 Å². The normalized spacial score (nSPS) is 14.7. The Hall–Kier alpha value is -4.05. The molecule has 0 aliphatic rings. The van der Waals surface area contributed by atoms with E-state index in [1.54, 1.807) is 13.8 Å². The van der Waals surface area contributed by atoms with Gasteiger partial charge in [-0.25, -0.2) is 0 Å². The van der Waals surface area contributed by atoms with Gasteiger partial charge in [-0.05, 0) is 36.3 Å². The van der Waals surface area contributed by atoms with Crippen molar-refractivity contribution in [3.05, 3.63) is 71.8 Å². The Balaban J connectivity index is 2.30. The van der Waals surface area contributed by atoms with E-state index in [4.69, 9.17) is 5.73 Å². The molecule has 10 heteroatoms. The monoisotopic (exact) mass is 579 g/mol. The molecule has 0 heterocycles. The van der Waals surface area contributed by atoms with E-state index in [0.29, 0.717) is 12.7 Å². The van der Waals surface area contributed by atoms with E-state index in [-0.39, 0.29) is 24.7 Å². The van der Waals surface area contributed by atoms with E-state index >= 15 is 0 Å². The van der Waals surface area contributed by atoms with Gasteiger partial charge in [-0.15, -0.1) is 0 Å². The van der Waals surface area contributed by atoms with Crippen LogP contribution < -0.4 is 27.0 Å². The summed E-state index contributed by atoms with van der Waals surface area (Å²) in [6.45, 7) is 9.03. The van der Waals surface area contributed by atoms with Gasteiger partial charge in [0.05, 0.1) is 12.1 Å². The highest BCUT2D eigenvalue weighted by Gasteiger charge is 2.32. The fourth-order valence-corrected chi connectivity index (χ4v) is 4.42. The molecule has 42 heavy (non-hydrogen) atoms. The van der Waals surface area contributed by atoms with Gasteiger partial charge < -0.3 is 31.8 Å². The minimum Gasteiger partial charge on any atom is -0.345 e. The standard InChI is InChI=1S/C32H45N5O5/c1-20(2)16-25(33)29(39)37-28(21(3)4)32(42)36-27(18-24-14-10-7-11-15-24)31(41)35-26(30(40)34-22(5)19-38)17-23-12-8-6-9-13-23/h6-15,19-22,25-28H,16-18,33H2,1-5H3,(H,34,40)(H,35,41)(H,36,42)(H,37,39)/t22-,25-,26-,27-,28-/m0/s1. The molecule has 10 nitrogen and oxygen atoms in total. The van der Waals surface area contributed by atoms with Crippen molar-refractivity contribution >= 4 is 29.9 Å². The lowest BCUT2D eigenvalue weighted by Crippen LogP contribution is -2.60. The number of aldehydes is 1. The van der Waals surface area contributed by atoms with Gasteiger partial charge in [0, 0.05) is 12.8 Å². The Morgan fingerprint density at radius 3 is 1.55 bits per heavy atom. The van der Waals surface area contributed by atoms with Crippen molar-refractivity contribution in [2.45, 2.75) is 84.1 Å². The lowest BCUT2D eigenvalue weighted by Gasteiger charge is -2.28. The summed E-state index contributed by atoms with van der Waals surface area (Å²) in [5, 5.41) is 10.9. The molecule has 0 saturated heterocycles. The van der Waals surface area contributed by atoms with Crippen LogP contribution in [0, 0.1) is 11.8 Å². The number of carbonyl (C=O) groups is 5. The first-order valence-electron chi connectivity index (χ1n) is 14.4. The van der Waals surface area contributed by atoms with Crippen molar-refractivity contribution in [3.8, 4) is 0 Å². The number of carbonyl (C=O) groups excluding carboxylic acids is 5. The van der Waals surface area contributed by atoms with Gasteiger partial charge in [-0.3, -0.25) is 19.2 Å². The van der Waals surface area contributed by atoms with Gasteiger partial charge in [0.25, 0.3) is 0 Å².